The summed E-state index contributed by atoms with van der Waals surface area (Å²) in [6.45, 7) is 6.05. The Hall–Kier alpha value is -2.22. The van der Waals surface area contributed by atoms with Crippen LogP contribution in [-0.4, -0.2) is 30.3 Å². The summed E-state index contributed by atoms with van der Waals surface area (Å²) < 4.78 is 26.9. The van der Waals surface area contributed by atoms with Gasteiger partial charge in [-0.3, -0.25) is 0 Å². The highest BCUT2D eigenvalue weighted by Gasteiger charge is 2.25. The summed E-state index contributed by atoms with van der Waals surface area (Å²) in [6.07, 6.45) is 0. The molecule has 3 rings (SSSR count). The van der Waals surface area contributed by atoms with Crippen LogP contribution in [0.4, 0.5) is 10.8 Å². The summed E-state index contributed by atoms with van der Waals surface area (Å²) >= 11 is 1.51. The number of hydrogen-bond acceptors (Lipinski definition) is 5. The molecule has 0 saturated heterocycles. The molecule has 1 heterocycles. The van der Waals surface area contributed by atoms with Crippen LogP contribution in [0.1, 0.15) is 20.8 Å². The standard InChI is InChI=1S/C20H23N3O2S2/c1-4-23(15(2)3)27(24,25)18-12-10-17(11-13-18)21-20-22-19(14-26-20)16-8-6-5-7-9-16/h5-15H,4H2,1-3H3,(H,21,22). The molecule has 0 amide bonds. The molecule has 1 aromatic heterocycles. The highest BCUT2D eigenvalue weighted by atomic mass is 32.2. The number of thiazole rings is 1. The van der Waals surface area contributed by atoms with Crippen LogP contribution in [0.25, 0.3) is 11.3 Å². The molecule has 5 nitrogen and oxygen atoms in total. The molecule has 0 aliphatic heterocycles. The van der Waals surface area contributed by atoms with Crippen molar-refractivity contribution in [3.8, 4) is 11.3 Å². The molecular formula is C20H23N3O2S2. The van der Waals surface area contributed by atoms with E-state index in [2.05, 4.69) is 10.3 Å². The zero-order valence-corrected chi connectivity index (χ0v) is 17.2. The zero-order chi connectivity index (χ0) is 19.4. The number of anilines is 2. The predicted molar refractivity (Wildman–Crippen MR) is 112 cm³/mol. The predicted octanol–water partition coefficient (Wildman–Crippen LogP) is 4.97. The first kappa shape index (κ1) is 19.5. The maximum absolute atomic E-state index is 12.7. The van der Waals surface area contributed by atoms with Gasteiger partial charge in [-0.2, -0.15) is 4.31 Å². The third-order valence-electron chi connectivity index (χ3n) is 4.17. The van der Waals surface area contributed by atoms with Crippen molar-refractivity contribution >= 4 is 32.2 Å². The highest BCUT2D eigenvalue weighted by molar-refractivity contribution is 7.89. The van der Waals surface area contributed by atoms with Crippen LogP contribution >= 0.6 is 11.3 Å². The summed E-state index contributed by atoms with van der Waals surface area (Å²) in [4.78, 5) is 4.89. The number of hydrogen-bond donors (Lipinski definition) is 1. The van der Waals surface area contributed by atoms with Gasteiger partial charge in [0.15, 0.2) is 5.13 Å². The van der Waals surface area contributed by atoms with Crippen molar-refractivity contribution in [2.45, 2.75) is 31.7 Å². The van der Waals surface area contributed by atoms with Crippen LogP contribution in [0.2, 0.25) is 0 Å². The lowest BCUT2D eigenvalue weighted by Gasteiger charge is -2.24. The van der Waals surface area contributed by atoms with Gasteiger partial charge in [-0.25, -0.2) is 13.4 Å². The highest BCUT2D eigenvalue weighted by Crippen LogP contribution is 2.28. The van der Waals surface area contributed by atoms with Gasteiger partial charge in [-0.15, -0.1) is 11.3 Å². The molecule has 0 saturated carbocycles. The monoisotopic (exact) mass is 401 g/mol. The SMILES string of the molecule is CCN(C(C)C)S(=O)(=O)c1ccc(Nc2nc(-c3ccccc3)cs2)cc1. The van der Waals surface area contributed by atoms with Crippen LogP contribution in [0.3, 0.4) is 0 Å². The van der Waals surface area contributed by atoms with E-state index in [-0.39, 0.29) is 6.04 Å². The second kappa shape index (κ2) is 8.21. The number of nitrogens with one attached hydrogen (secondary N) is 1. The molecule has 0 aliphatic rings. The van der Waals surface area contributed by atoms with Crippen LogP contribution in [-0.2, 0) is 10.0 Å². The maximum Gasteiger partial charge on any atom is 0.243 e. The van der Waals surface area contributed by atoms with Gasteiger partial charge in [-0.05, 0) is 38.1 Å². The fraction of sp³-hybridized carbons (Fsp3) is 0.250. The molecule has 0 aliphatic carbocycles. The van der Waals surface area contributed by atoms with Gasteiger partial charge >= 0.3 is 0 Å². The average molecular weight is 402 g/mol. The Morgan fingerprint density at radius 2 is 1.74 bits per heavy atom. The van der Waals surface area contributed by atoms with Crippen molar-refractivity contribution in [2.24, 2.45) is 0 Å². The van der Waals surface area contributed by atoms with E-state index in [1.54, 1.807) is 24.3 Å². The van der Waals surface area contributed by atoms with Crippen molar-refractivity contribution in [1.29, 1.82) is 0 Å². The Morgan fingerprint density at radius 1 is 1.07 bits per heavy atom. The van der Waals surface area contributed by atoms with Crippen molar-refractivity contribution in [3.05, 3.63) is 60.0 Å². The third-order valence-corrected chi connectivity index (χ3v) is 7.10. The topological polar surface area (TPSA) is 62.3 Å². The van der Waals surface area contributed by atoms with Crippen molar-refractivity contribution in [1.82, 2.24) is 9.29 Å². The molecule has 0 radical (unpaired) electrons. The summed E-state index contributed by atoms with van der Waals surface area (Å²) in [5.74, 6) is 0. The van der Waals surface area contributed by atoms with Crippen molar-refractivity contribution in [2.75, 3.05) is 11.9 Å². The minimum atomic E-state index is -3.48. The van der Waals surface area contributed by atoms with Crippen LogP contribution in [0.15, 0.2) is 64.9 Å². The van der Waals surface area contributed by atoms with Gasteiger partial charge in [0.2, 0.25) is 10.0 Å². The van der Waals surface area contributed by atoms with Crippen LogP contribution in [0, 0.1) is 0 Å². The van der Waals surface area contributed by atoms with Crippen LogP contribution in [0.5, 0.6) is 0 Å². The van der Waals surface area contributed by atoms with Gasteiger partial charge in [0.1, 0.15) is 0 Å². The fourth-order valence-electron chi connectivity index (χ4n) is 2.85. The zero-order valence-electron chi connectivity index (χ0n) is 15.6. The fourth-order valence-corrected chi connectivity index (χ4v) is 5.24. The lowest BCUT2D eigenvalue weighted by Crippen LogP contribution is -2.36. The number of benzene rings is 2. The minimum Gasteiger partial charge on any atom is -0.332 e. The Balaban J connectivity index is 1.76. The number of aromatic nitrogens is 1. The van der Waals surface area contributed by atoms with E-state index in [1.807, 2.05) is 56.5 Å². The Morgan fingerprint density at radius 3 is 2.33 bits per heavy atom. The van der Waals surface area contributed by atoms with E-state index in [1.165, 1.54) is 15.6 Å². The third kappa shape index (κ3) is 4.37. The number of sulfonamides is 1. The van der Waals surface area contributed by atoms with Crippen molar-refractivity contribution in [3.63, 3.8) is 0 Å². The first-order chi connectivity index (χ1) is 12.9. The molecule has 0 spiro atoms. The first-order valence-corrected chi connectivity index (χ1v) is 11.1. The molecule has 142 valence electrons. The molecule has 0 bridgehead atoms. The van der Waals surface area contributed by atoms with Gasteiger partial charge < -0.3 is 5.32 Å². The van der Waals surface area contributed by atoms with Gasteiger partial charge in [0, 0.05) is 29.2 Å². The molecule has 0 atom stereocenters. The summed E-state index contributed by atoms with van der Waals surface area (Å²) in [6, 6.07) is 16.7. The number of nitrogens with zero attached hydrogens (tertiary/aromatic N) is 2. The van der Waals surface area contributed by atoms with E-state index >= 15 is 0 Å². The average Bonchev–Trinajstić information content (AvgIpc) is 3.11. The molecule has 0 unspecified atom stereocenters. The van der Waals surface area contributed by atoms with E-state index in [0.29, 0.717) is 11.4 Å². The van der Waals surface area contributed by atoms with Gasteiger partial charge in [0.25, 0.3) is 0 Å². The molecule has 0 fully saturated rings. The Labute approximate surface area is 164 Å². The minimum absolute atomic E-state index is 0.0791. The molecular weight excluding hydrogens is 378 g/mol. The molecule has 27 heavy (non-hydrogen) atoms. The molecule has 2 aromatic carbocycles. The smallest absolute Gasteiger partial charge is 0.243 e. The summed E-state index contributed by atoms with van der Waals surface area (Å²) in [7, 11) is -3.48. The first-order valence-electron chi connectivity index (χ1n) is 8.81. The van der Waals surface area contributed by atoms with E-state index in [9.17, 15) is 8.42 Å². The largest absolute Gasteiger partial charge is 0.332 e. The second-order valence-corrected chi connectivity index (χ2v) is 9.10. The molecule has 1 N–H and O–H groups in total. The van der Waals surface area contributed by atoms with Crippen LogP contribution < -0.4 is 5.32 Å². The van der Waals surface area contributed by atoms with Crippen molar-refractivity contribution < 1.29 is 8.42 Å². The molecule has 3 aromatic rings. The van der Waals surface area contributed by atoms with Gasteiger partial charge in [-0.1, -0.05) is 37.3 Å². The second-order valence-electron chi connectivity index (χ2n) is 6.36. The normalized spacial score (nSPS) is 11.9. The van der Waals surface area contributed by atoms with E-state index in [0.717, 1.165) is 22.1 Å². The summed E-state index contributed by atoms with van der Waals surface area (Å²) in [5.41, 5.74) is 2.78. The lowest BCUT2D eigenvalue weighted by atomic mass is 10.2. The lowest BCUT2D eigenvalue weighted by molar-refractivity contribution is 0.369. The summed E-state index contributed by atoms with van der Waals surface area (Å²) in [5, 5.41) is 6.00. The Kier molecular flexibility index (Phi) is 5.94. The molecule has 7 heteroatoms. The van der Waals surface area contributed by atoms with Gasteiger partial charge in [0.05, 0.1) is 10.6 Å². The van der Waals surface area contributed by atoms with E-state index in [4.69, 9.17) is 0 Å². The quantitative estimate of drug-likeness (QED) is 0.607. The van der Waals surface area contributed by atoms with E-state index < -0.39 is 10.0 Å². The Bertz CT molecular complexity index is 982. The number of rotatable bonds is 7. The maximum atomic E-state index is 12.7.